The van der Waals surface area contributed by atoms with Gasteiger partial charge in [-0.1, -0.05) is 29.0 Å². The van der Waals surface area contributed by atoms with Crippen molar-refractivity contribution < 1.29 is 9.47 Å². The van der Waals surface area contributed by atoms with E-state index in [1.54, 1.807) is 24.4 Å². The molecule has 32 heavy (non-hydrogen) atoms. The molecular weight excluding hydrogens is 450 g/mol. The maximum absolute atomic E-state index is 12.8. The molecule has 4 rings (SSSR count). The van der Waals surface area contributed by atoms with Gasteiger partial charge in [0.2, 0.25) is 5.88 Å². The highest BCUT2D eigenvalue weighted by Gasteiger charge is 2.17. The Labute approximate surface area is 192 Å². The third-order valence-corrected chi connectivity index (χ3v) is 5.89. The molecular formula is C22H18ClN5O3S. The number of nitrogens with zero attached hydrogens (tertiary/aromatic N) is 3. The highest BCUT2D eigenvalue weighted by molar-refractivity contribution is 7.16. The van der Waals surface area contributed by atoms with Gasteiger partial charge in [0, 0.05) is 23.2 Å². The van der Waals surface area contributed by atoms with Gasteiger partial charge >= 0.3 is 0 Å². The molecule has 0 spiro atoms. The zero-order valence-electron chi connectivity index (χ0n) is 17.2. The van der Waals surface area contributed by atoms with Crippen LogP contribution >= 0.6 is 22.9 Å². The topological polar surface area (TPSA) is 113 Å². The standard InChI is InChI=1S/C22H18ClN5O3S/c1-12(26-22-28-21(30-2)19(10-24)32-22)15-7-13-8-16(23)18(9-17(13)27-20(15)29)31-11-14-5-3-4-6-25-14/h3-9,12H,11H2,1-2H3,(H,26,28)(H,27,29). The fraction of sp³-hybridized carbons (Fsp3) is 0.182. The van der Waals surface area contributed by atoms with Crippen LogP contribution in [0.3, 0.4) is 0 Å². The number of methoxy groups -OCH3 is 1. The predicted molar refractivity (Wildman–Crippen MR) is 124 cm³/mol. The molecule has 0 amide bonds. The number of halogens is 1. The molecule has 0 bridgehead atoms. The van der Waals surface area contributed by atoms with E-state index in [0.29, 0.717) is 31.9 Å². The van der Waals surface area contributed by atoms with Crippen molar-refractivity contribution in [2.75, 3.05) is 12.4 Å². The van der Waals surface area contributed by atoms with Crippen LogP contribution in [0.1, 0.15) is 29.1 Å². The van der Waals surface area contributed by atoms with Crippen LogP contribution in [-0.2, 0) is 6.61 Å². The lowest BCUT2D eigenvalue weighted by molar-refractivity contribution is 0.302. The first kappa shape index (κ1) is 21.6. The molecule has 0 aliphatic rings. The number of aromatic amines is 1. The van der Waals surface area contributed by atoms with Crippen molar-refractivity contribution in [2.45, 2.75) is 19.6 Å². The number of nitriles is 1. The van der Waals surface area contributed by atoms with Crippen LogP contribution in [0.2, 0.25) is 5.02 Å². The van der Waals surface area contributed by atoms with Gasteiger partial charge in [0.05, 0.1) is 29.4 Å². The predicted octanol–water partition coefficient (Wildman–Crippen LogP) is 4.67. The first-order chi connectivity index (χ1) is 15.5. The molecule has 0 fully saturated rings. The summed E-state index contributed by atoms with van der Waals surface area (Å²) in [5.74, 6) is 0.711. The number of benzene rings is 1. The average Bonchev–Trinajstić information content (AvgIpc) is 3.20. The maximum Gasteiger partial charge on any atom is 0.253 e. The molecule has 10 heteroatoms. The molecule has 3 aromatic heterocycles. The van der Waals surface area contributed by atoms with Gasteiger partial charge in [0.15, 0.2) is 10.0 Å². The van der Waals surface area contributed by atoms with Crippen molar-refractivity contribution in [2.24, 2.45) is 0 Å². The van der Waals surface area contributed by atoms with Gasteiger partial charge in [0.1, 0.15) is 18.4 Å². The fourth-order valence-electron chi connectivity index (χ4n) is 3.13. The number of anilines is 1. The van der Waals surface area contributed by atoms with Crippen LogP contribution in [0.5, 0.6) is 11.6 Å². The number of ether oxygens (including phenoxy) is 2. The van der Waals surface area contributed by atoms with Crippen molar-refractivity contribution >= 4 is 39.0 Å². The summed E-state index contributed by atoms with van der Waals surface area (Å²) in [4.78, 5) is 24.5. The van der Waals surface area contributed by atoms with Crippen LogP contribution in [0.15, 0.2) is 47.4 Å². The lowest BCUT2D eigenvalue weighted by atomic mass is 10.1. The van der Waals surface area contributed by atoms with E-state index in [1.165, 1.54) is 7.11 Å². The molecule has 2 N–H and O–H groups in total. The van der Waals surface area contributed by atoms with Gasteiger partial charge in [-0.05, 0) is 31.2 Å². The molecule has 0 saturated carbocycles. The lowest BCUT2D eigenvalue weighted by Crippen LogP contribution is -2.19. The molecule has 1 atom stereocenters. The number of pyridine rings is 2. The molecule has 0 aliphatic carbocycles. The molecule has 3 heterocycles. The number of hydrogen-bond donors (Lipinski definition) is 2. The minimum atomic E-state index is -0.371. The van der Waals surface area contributed by atoms with Crippen molar-refractivity contribution in [1.82, 2.24) is 15.0 Å². The number of aromatic nitrogens is 3. The molecule has 0 aliphatic heterocycles. The molecule has 0 radical (unpaired) electrons. The Bertz CT molecular complexity index is 1360. The zero-order valence-corrected chi connectivity index (χ0v) is 18.8. The van der Waals surface area contributed by atoms with E-state index in [1.807, 2.05) is 31.2 Å². The van der Waals surface area contributed by atoms with Crippen LogP contribution in [-0.4, -0.2) is 22.1 Å². The van der Waals surface area contributed by atoms with Crippen molar-refractivity contribution in [3.8, 4) is 17.7 Å². The van der Waals surface area contributed by atoms with Crippen molar-refractivity contribution in [3.05, 3.63) is 74.1 Å². The first-order valence-electron chi connectivity index (χ1n) is 9.59. The van der Waals surface area contributed by atoms with Crippen LogP contribution in [0.25, 0.3) is 10.9 Å². The second-order valence-electron chi connectivity index (χ2n) is 6.87. The molecule has 1 aromatic carbocycles. The SMILES string of the molecule is COc1nc(NC(C)c2cc3cc(Cl)c(OCc4ccccn4)cc3[nH]c2=O)sc1C#N. The minimum absolute atomic E-state index is 0.250. The van der Waals surface area contributed by atoms with E-state index in [9.17, 15) is 4.79 Å². The summed E-state index contributed by atoms with van der Waals surface area (Å²) in [5.41, 5.74) is 1.63. The Morgan fingerprint density at radius 3 is 2.88 bits per heavy atom. The summed E-state index contributed by atoms with van der Waals surface area (Å²) in [6.45, 7) is 2.10. The Hall–Kier alpha value is -3.61. The minimum Gasteiger partial charge on any atom is -0.486 e. The molecule has 1 unspecified atom stereocenters. The zero-order chi connectivity index (χ0) is 22.7. The highest BCUT2D eigenvalue weighted by Crippen LogP contribution is 2.32. The quantitative estimate of drug-likeness (QED) is 0.406. The summed E-state index contributed by atoms with van der Waals surface area (Å²) < 4.78 is 10.9. The molecule has 162 valence electrons. The van der Waals surface area contributed by atoms with Gasteiger partial charge < -0.3 is 19.8 Å². The van der Waals surface area contributed by atoms with Gasteiger partial charge in [-0.3, -0.25) is 9.78 Å². The molecule has 0 saturated heterocycles. The normalized spacial score (nSPS) is 11.7. The van der Waals surface area contributed by atoms with E-state index >= 15 is 0 Å². The summed E-state index contributed by atoms with van der Waals surface area (Å²) in [6.07, 6.45) is 1.69. The second kappa shape index (κ2) is 9.26. The second-order valence-corrected chi connectivity index (χ2v) is 8.27. The van der Waals surface area contributed by atoms with Gasteiger partial charge in [-0.15, -0.1) is 0 Å². The third-order valence-electron chi connectivity index (χ3n) is 4.72. The van der Waals surface area contributed by atoms with Crippen LogP contribution < -0.4 is 20.3 Å². The Kier molecular flexibility index (Phi) is 6.25. The van der Waals surface area contributed by atoms with Crippen molar-refractivity contribution in [3.63, 3.8) is 0 Å². The van der Waals surface area contributed by atoms with E-state index in [4.69, 9.17) is 26.3 Å². The summed E-state index contributed by atoms with van der Waals surface area (Å²) >= 11 is 7.58. The molecule has 4 aromatic rings. The number of fused-ring (bicyclic) bond motifs is 1. The van der Waals surface area contributed by atoms with Crippen LogP contribution in [0, 0.1) is 11.3 Å². The van der Waals surface area contributed by atoms with Gasteiger partial charge in [0.25, 0.3) is 5.56 Å². The van der Waals surface area contributed by atoms with Crippen molar-refractivity contribution in [1.29, 1.82) is 5.26 Å². The number of hydrogen-bond acceptors (Lipinski definition) is 8. The smallest absolute Gasteiger partial charge is 0.253 e. The van der Waals surface area contributed by atoms with E-state index in [2.05, 4.69) is 20.3 Å². The highest BCUT2D eigenvalue weighted by atomic mass is 35.5. The lowest BCUT2D eigenvalue weighted by Gasteiger charge is -2.14. The van der Waals surface area contributed by atoms with E-state index in [-0.39, 0.29) is 24.1 Å². The summed E-state index contributed by atoms with van der Waals surface area (Å²) in [7, 11) is 1.45. The number of nitrogens with one attached hydrogen (secondary N) is 2. The molecule has 8 nitrogen and oxygen atoms in total. The first-order valence-corrected chi connectivity index (χ1v) is 10.8. The number of thiazole rings is 1. The monoisotopic (exact) mass is 467 g/mol. The van der Waals surface area contributed by atoms with E-state index < -0.39 is 0 Å². The number of H-pyrrole nitrogens is 1. The Morgan fingerprint density at radius 1 is 1.34 bits per heavy atom. The van der Waals surface area contributed by atoms with Gasteiger partial charge in [-0.25, -0.2) is 0 Å². The number of rotatable bonds is 7. The van der Waals surface area contributed by atoms with Crippen LogP contribution in [0.4, 0.5) is 5.13 Å². The third kappa shape index (κ3) is 4.51. The fourth-order valence-corrected chi connectivity index (χ4v) is 4.18. The van der Waals surface area contributed by atoms with Gasteiger partial charge in [-0.2, -0.15) is 10.2 Å². The Morgan fingerprint density at radius 2 is 2.19 bits per heavy atom. The van der Waals surface area contributed by atoms with E-state index in [0.717, 1.165) is 22.4 Å². The Balaban J connectivity index is 1.58. The largest absolute Gasteiger partial charge is 0.486 e. The summed E-state index contributed by atoms with van der Waals surface area (Å²) in [5, 5.41) is 14.0. The average molecular weight is 468 g/mol. The maximum atomic E-state index is 12.8. The summed E-state index contributed by atoms with van der Waals surface area (Å²) in [6, 6.07) is 12.5.